The molecule has 1 aromatic rings. The van der Waals surface area contributed by atoms with Gasteiger partial charge in [-0.3, -0.25) is 0 Å². The van der Waals surface area contributed by atoms with Crippen molar-refractivity contribution >= 4 is 43.5 Å². The first-order chi connectivity index (χ1) is 10.0. The summed E-state index contributed by atoms with van der Waals surface area (Å²) in [4.78, 5) is 0. The summed E-state index contributed by atoms with van der Waals surface area (Å²) in [5.74, 6) is 0. The fraction of sp³-hybridized carbons (Fsp3) is 0.412. The Morgan fingerprint density at radius 3 is 2.67 bits per heavy atom. The van der Waals surface area contributed by atoms with E-state index in [9.17, 15) is 0 Å². The minimum atomic E-state index is 0.407. The minimum absolute atomic E-state index is 0.407. The zero-order valence-corrected chi connectivity index (χ0v) is 16.3. The molecule has 0 saturated carbocycles. The highest BCUT2D eigenvalue weighted by Gasteiger charge is 2.24. The molecular formula is C17H20Br2ClN. The first kappa shape index (κ1) is 17.1. The van der Waals surface area contributed by atoms with Crippen LogP contribution in [0.5, 0.6) is 0 Å². The first-order valence-electron chi connectivity index (χ1n) is 7.34. The van der Waals surface area contributed by atoms with Crippen molar-refractivity contribution in [2.24, 2.45) is 0 Å². The number of allylic oxidation sites excluding steroid dienone is 2. The summed E-state index contributed by atoms with van der Waals surface area (Å²) >= 11 is 13.3. The van der Waals surface area contributed by atoms with E-state index in [1.165, 1.54) is 23.1 Å². The lowest BCUT2D eigenvalue weighted by atomic mass is 9.98. The fourth-order valence-electron chi connectivity index (χ4n) is 2.63. The molecule has 1 aliphatic carbocycles. The number of hydrogen-bond donors (Lipinski definition) is 1. The Kier molecular flexibility index (Phi) is 6.39. The second-order valence-corrected chi connectivity index (χ2v) is 7.61. The number of aryl methyl sites for hydroxylation is 1. The predicted molar refractivity (Wildman–Crippen MR) is 99.2 cm³/mol. The Balaban J connectivity index is 0.000000497. The van der Waals surface area contributed by atoms with Crippen molar-refractivity contribution in [3.8, 4) is 0 Å². The van der Waals surface area contributed by atoms with Crippen molar-refractivity contribution in [1.29, 1.82) is 0 Å². The van der Waals surface area contributed by atoms with E-state index in [1.54, 1.807) is 0 Å². The lowest BCUT2D eigenvalue weighted by molar-refractivity contribution is 0.639. The molecule has 4 heteroatoms. The van der Waals surface area contributed by atoms with E-state index in [0.717, 1.165) is 33.2 Å². The molecule has 114 valence electrons. The molecule has 0 spiro atoms. The number of rotatable bonds is 0. The second-order valence-electron chi connectivity index (χ2n) is 5.40. The van der Waals surface area contributed by atoms with E-state index in [0.29, 0.717) is 6.04 Å². The third kappa shape index (κ3) is 4.37. The molecule has 1 atom stereocenters. The summed E-state index contributed by atoms with van der Waals surface area (Å²) in [5, 5.41) is 4.27. The third-order valence-corrected chi connectivity index (χ3v) is 4.92. The maximum atomic E-state index is 6.13. The van der Waals surface area contributed by atoms with Crippen LogP contribution in [0.4, 0.5) is 0 Å². The Bertz CT molecular complexity index is 578. The van der Waals surface area contributed by atoms with Crippen LogP contribution >= 0.6 is 43.5 Å². The number of nitrogens with one attached hydrogen (secondary N) is 1. The predicted octanol–water partition coefficient (Wildman–Crippen LogP) is 6.14. The average molecular weight is 434 g/mol. The summed E-state index contributed by atoms with van der Waals surface area (Å²) < 4.78 is 2.25. The van der Waals surface area contributed by atoms with Crippen molar-refractivity contribution in [3.63, 3.8) is 0 Å². The molecule has 3 rings (SSSR count). The highest BCUT2D eigenvalue weighted by atomic mass is 79.9. The minimum Gasteiger partial charge on any atom is -0.383 e. The molecule has 1 nitrogen and oxygen atoms in total. The Hall–Kier alpha value is -0.250. The van der Waals surface area contributed by atoms with Gasteiger partial charge in [0.15, 0.2) is 0 Å². The van der Waals surface area contributed by atoms with E-state index in [-0.39, 0.29) is 0 Å². The molecule has 0 aromatic heterocycles. The second kappa shape index (κ2) is 7.85. The van der Waals surface area contributed by atoms with Gasteiger partial charge in [-0.15, -0.1) is 0 Å². The Labute approximate surface area is 149 Å². The van der Waals surface area contributed by atoms with Crippen LogP contribution in [0.2, 0.25) is 5.02 Å². The van der Waals surface area contributed by atoms with Gasteiger partial charge in [-0.2, -0.15) is 0 Å². The summed E-state index contributed by atoms with van der Waals surface area (Å²) in [6.45, 7) is 4.25. The monoisotopic (exact) mass is 431 g/mol. The van der Waals surface area contributed by atoms with Gasteiger partial charge in [0.25, 0.3) is 0 Å². The molecule has 1 aromatic carbocycles. The number of benzene rings is 1. The molecule has 0 fully saturated rings. The summed E-state index contributed by atoms with van der Waals surface area (Å²) in [6.07, 6.45) is 8.67. The number of hydrogen-bond acceptors (Lipinski definition) is 1. The molecule has 0 amide bonds. The van der Waals surface area contributed by atoms with Gasteiger partial charge < -0.3 is 5.32 Å². The molecule has 1 N–H and O–H groups in total. The standard InChI is InChI=1S/C14H12Br2ClN.C3H8/c15-10-3-9-2-1-8-4-11(17)5-13(16)12(8)6-14(9)18-7-10;1-3-2/h3-5,7,14,18H,1-2,6H2;3H2,1-2H3. The molecule has 1 aliphatic heterocycles. The van der Waals surface area contributed by atoms with Crippen LogP contribution in [0.3, 0.4) is 0 Å². The lowest BCUT2D eigenvalue weighted by Crippen LogP contribution is -2.30. The normalized spacial score (nSPS) is 19.8. The maximum absolute atomic E-state index is 6.13. The largest absolute Gasteiger partial charge is 0.383 e. The SMILES string of the molecule is CCC.Clc1cc(Br)c2c(c1)CCC1=CC(Br)=CNC1C2. The van der Waals surface area contributed by atoms with Crippen LogP contribution in [0.25, 0.3) is 0 Å². The van der Waals surface area contributed by atoms with Gasteiger partial charge in [0.1, 0.15) is 0 Å². The highest BCUT2D eigenvalue weighted by molar-refractivity contribution is 9.12. The van der Waals surface area contributed by atoms with E-state index in [2.05, 4.69) is 63.2 Å². The number of fused-ring (bicyclic) bond motifs is 2. The van der Waals surface area contributed by atoms with Crippen LogP contribution in [-0.2, 0) is 12.8 Å². The number of dihydropyridines is 1. The lowest BCUT2D eigenvalue weighted by Gasteiger charge is -2.23. The van der Waals surface area contributed by atoms with E-state index < -0.39 is 0 Å². The van der Waals surface area contributed by atoms with Gasteiger partial charge in [0.05, 0.1) is 6.04 Å². The number of halogens is 3. The smallest absolute Gasteiger partial charge is 0.0513 e. The average Bonchev–Trinajstić information content (AvgIpc) is 2.59. The van der Waals surface area contributed by atoms with Crippen molar-refractivity contribution in [3.05, 3.63) is 55.1 Å². The van der Waals surface area contributed by atoms with Crippen molar-refractivity contribution in [1.82, 2.24) is 5.32 Å². The molecule has 0 saturated heterocycles. The van der Waals surface area contributed by atoms with Gasteiger partial charge in [-0.1, -0.05) is 47.8 Å². The van der Waals surface area contributed by atoms with Crippen LogP contribution in [0.1, 0.15) is 37.8 Å². The molecule has 1 heterocycles. The zero-order valence-electron chi connectivity index (χ0n) is 12.3. The molecular weight excluding hydrogens is 413 g/mol. The van der Waals surface area contributed by atoms with Crippen LogP contribution in [-0.4, -0.2) is 6.04 Å². The maximum Gasteiger partial charge on any atom is 0.0513 e. The fourth-order valence-corrected chi connectivity index (χ4v) is 4.10. The summed E-state index contributed by atoms with van der Waals surface area (Å²) in [5.41, 5.74) is 4.21. The summed E-state index contributed by atoms with van der Waals surface area (Å²) in [7, 11) is 0. The topological polar surface area (TPSA) is 12.0 Å². The first-order valence-corrected chi connectivity index (χ1v) is 9.30. The molecule has 21 heavy (non-hydrogen) atoms. The van der Waals surface area contributed by atoms with Gasteiger partial charge in [-0.25, -0.2) is 0 Å². The Morgan fingerprint density at radius 1 is 1.24 bits per heavy atom. The van der Waals surface area contributed by atoms with Crippen molar-refractivity contribution in [2.45, 2.75) is 45.6 Å². The molecule has 0 radical (unpaired) electrons. The van der Waals surface area contributed by atoms with E-state index >= 15 is 0 Å². The van der Waals surface area contributed by atoms with Gasteiger partial charge in [0, 0.05) is 20.2 Å². The van der Waals surface area contributed by atoms with E-state index in [4.69, 9.17) is 11.6 Å². The molecule has 0 bridgehead atoms. The highest BCUT2D eigenvalue weighted by Crippen LogP contribution is 2.34. The van der Waals surface area contributed by atoms with Crippen LogP contribution in [0, 0.1) is 0 Å². The zero-order chi connectivity index (χ0) is 15.4. The molecule has 2 aliphatic rings. The quantitative estimate of drug-likeness (QED) is 0.518. The van der Waals surface area contributed by atoms with Crippen LogP contribution in [0.15, 0.2) is 38.9 Å². The van der Waals surface area contributed by atoms with Gasteiger partial charge >= 0.3 is 0 Å². The Morgan fingerprint density at radius 2 is 1.95 bits per heavy atom. The van der Waals surface area contributed by atoms with Crippen molar-refractivity contribution in [2.75, 3.05) is 0 Å². The van der Waals surface area contributed by atoms with Gasteiger partial charge in [-0.05, 0) is 70.1 Å². The third-order valence-electron chi connectivity index (χ3n) is 3.54. The van der Waals surface area contributed by atoms with Crippen molar-refractivity contribution < 1.29 is 0 Å². The summed E-state index contributed by atoms with van der Waals surface area (Å²) in [6, 6.07) is 4.50. The van der Waals surface area contributed by atoms with Gasteiger partial charge in [0.2, 0.25) is 0 Å². The van der Waals surface area contributed by atoms with Crippen LogP contribution < -0.4 is 5.32 Å². The van der Waals surface area contributed by atoms with E-state index in [1.807, 2.05) is 12.3 Å². The molecule has 1 unspecified atom stereocenters.